The number of hydrogen-bond acceptors (Lipinski definition) is 3. The molecule has 4 N–H and O–H groups in total. The lowest BCUT2D eigenvalue weighted by Crippen LogP contribution is -2.12. The minimum atomic E-state index is -0.163. The van der Waals surface area contributed by atoms with Crippen LogP contribution in [0.25, 0.3) is 10.9 Å². The topological polar surface area (TPSA) is 80.8 Å². The smallest absolute Gasteiger partial charge is 0.272 e. The predicted molar refractivity (Wildman–Crippen MR) is 107 cm³/mol. The van der Waals surface area contributed by atoms with Crippen molar-refractivity contribution in [3.63, 3.8) is 0 Å². The van der Waals surface area contributed by atoms with Crippen LogP contribution in [0, 0.1) is 5.41 Å². The number of fused-ring (bicyclic) bond motifs is 2. The van der Waals surface area contributed by atoms with Gasteiger partial charge >= 0.3 is 0 Å². The maximum atomic E-state index is 12.6. The van der Waals surface area contributed by atoms with Gasteiger partial charge in [0, 0.05) is 34.5 Å². The summed E-state index contributed by atoms with van der Waals surface area (Å²) in [6.07, 6.45) is 2.74. The summed E-state index contributed by atoms with van der Waals surface area (Å²) in [7, 11) is 0. The van der Waals surface area contributed by atoms with E-state index in [1.54, 1.807) is 0 Å². The van der Waals surface area contributed by atoms with Crippen LogP contribution in [-0.4, -0.2) is 23.1 Å². The molecule has 0 fully saturated rings. The van der Waals surface area contributed by atoms with Gasteiger partial charge < -0.3 is 21.0 Å². The number of aromatic amines is 1. The van der Waals surface area contributed by atoms with Gasteiger partial charge in [-0.3, -0.25) is 4.79 Å². The Morgan fingerprint density at radius 1 is 1.19 bits per heavy atom. The fourth-order valence-corrected chi connectivity index (χ4v) is 3.40. The Kier molecular flexibility index (Phi) is 4.21. The molecule has 0 atom stereocenters. The molecule has 5 nitrogen and oxygen atoms in total. The number of carbonyl (C=O) groups excluding carboxylic acids is 1. The lowest BCUT2D eigenvalue weighted by atomic mass is 10.0. The van der Waals surface area contributed by atoms with E-state index >= 15 is 0 Å². The highest BCUT2D eigenvalue weighted by Gasteiger charge is 2.14. The summed E-state index contributed by atoms with van der Waals surface area (Å²) >= 11 is 0. The molecule has 5 heteroatoms. The van der Waals surface area contributed by atoms with Crippen molar-refractivity contribution < 1.29 is 4.79 Å². The highest BCUT2D eigenvalue weighted by Crippen LogP contribution is 2.26. The minimum Gasteiger partial charge on any atom is -0.384 e. The number of nitrogens with one attached hydrogen (secondary N) is 4. The zero-order valence-corrected chi connectivity index (χ0v) is 14.8. The molecule has 0 spiro atoms. The summed E-state index contributed by atoms with van der Waals surface area (Å²) in [5.74, 6) is -0.163. The van der Waals surface area contributed by atoms with Crippen molar-refractivity contribution in [1.29, 1.82) is 5.41 Å². The lowest BCUT2D eigenvalue weighted by Gasteiger charge is -2.06. The number of rotatable bonds is 5. The van der Waals surface area contributed by atoms with E-state index in [1.807, 2.05) is 36.4 Å². The Hall–Kier alpha value is -3.08. The number of amides is 1. The molecular weight excluding hydrogens is 324 g/mol. The number of anilines is 2. The van der Waals surface area contributed by atoms with E-state index in [-0.39, 0.29) is 5.91 Å². The van der Waals surface area contributed by atoms with Gasteiger partial charge in [-0.1, -0.05) is 25.5 Å². The van der Waals surface area contributed by atoms with Crippen LogP contribution in [0.15, 0.2) is 42.5 Å². The molecular formula is C21H22N4O. The predicted octanol–water partition coefficient (Wildman–Crippen LogP) is 4.56. The van der Waals surface area contributed by atoms with E-state index < -0.39 is 0 Å². The summed E-state index contributed by atoms with van der Waals surface area (Å²) in [6.45, 7) is 3.02. The molecule has 2 heterocycles. The first-order valence-corrected chi connectivity index (χ1v) is 9.03. The van der Waals surface area contributed by atoms with Crippen molar-refractivity contribution in [3.05, 3.63) is 59.3 Å². The van der Waals surface area contributed by atoms with Crippen LogP contribution in [0.1, 0.15) is 41.4 Å². The first-order valence-electron chi connectivity index (χ1n) is 9.03. The molecule has 0 unspecified atom stereocenters. The van der Waals surface area contributed by atoms with Gasteiger partial charge in [-0.2, -0.15) is 0 Å². The van der Waals surface area contributed by atoms with Crippen molar-refractivity contribution in [2.45, 2.75) is 26.2 Å². The summed E-state index contributed by atoms with van der Waals surface area (Å²) in [5, 5.41) is 15.3. The number of carbonyl (C=O) groups is 1. The third-order valence-corrected chi connectivity index (χ3v) is 4.79. The van der Waals surface area contributed by atoms with Crippen LogP contribution in [-0.2, 0) is 6.42 Å². The van der Waals surface area contributed by atoms with Crippen LogP contribution in [0.2, 0.25) is 0 Å². The van der Waals surface area contributed by atoms with E-state index in [0.717, 1.165) is 53.6 Å². The molecule has 0 saturated carbocycles. The molecule has 4 rings (SSSR count). The Bertz CT molecular complexity index is 1000. The second-order valence-corrected chi connectivity index (χ2v) is 6.72. The van der Waals surface area contributed by atoms with Gasteiger partial charge in [-0.05, 0) is 54.3 Å². The standard InChI is InChI=1S/C21H22N4O/c1-2-3-17(22)14-5-7-18-15(10-14)11-20(25-18)21(26)24-16-6-4-13-8-9-23-19(13)12-16/h4-7,10-12,22-23,25H,2-3,8-9H2,1H3,(H,24,26). The minimum absolute atomic E-state index is 0.163. The number of H-pyrrole nitrogens is 1. The molecule has 1 amide bonds. The van der Waals surface area contributed by atoms with Crippen molar-refractivity contribution in [2.24, 2.45) is 0 Å². The fourth-order valence-electron chi connectivity index (χ4n) is 3.40. The van der Waals surface area contributed by atoms with Crippen LogP contribution in [0.3, 0.4) is 0 Å². The number of hydrogen-bond donors (Lipinski definition) is 4. The third kappa shape index (κ3) is 3.08. The quantitative estimate of drug-likeness (QED) is 0.511. The van der Waals surface area contributed by atoms with Gasteiger partial charge in [-0.25, -0.2) is 0 Å². The van der Waals surface area contributed by atoms with E-state index in [9.17, 15) is 4.79 Å². The Morgan fingerprint density at radius 3 is 2.92 bits per heavy atom. The van der Waals surface area contributed by atoms with Crippen molar-refractivity contribution in [2.75, 3.05) is 17.2 Å². The third-order valence-electron chi connectivity index (χ3n) is 4.79. The zero-order valence-electron chi connectivity index (χ0n) is 14.8. The second-order valence-electron chi connectivity index (χ2n) is 6.72. The van der Waals surface area contributed by atoms with Gasteiger partial charge in [0.05, 0.1) is 0 Å². The van der Waals surface area contributed by atoms with Gasteiger partial charge in [0.15, 0.2) is 0 Å². The molecule has 1 aromatic heterocycles. The second kappa shape index (κ2) is 6.67. The summed E-state index contributed by atoms with van der Waals surface area (Å²) in [4.78, 5) is 15.8. The summed E-state index contributed by atoms with van der Waals surface area (Å²) in [6, 6.07) is 13.7. The maximum Gasteiger partial charge on any atom is 0.272 e. The van der Waals surface area contributed by atoms with E-state index in [4.69, 9.17) is 5.41 Å². The Labute approximate surface area is 152 Å². The Morgan fingerprint density at radius 2 is 2.08 bits per heavy atom. The average Bonchev–Trinajstić information content (AvgIpc) is 3.27. The van der Waals surface area contributed by atoms with Crippen molar-refractivity contribution in [3.8, 4) is 0 Å². The average molecular weight is 346 g/mol. The molecule has 3 aromatic rings. The first-order chi connectivity index (χ1) is 12.6. The first kappa shape index (κ1) is 16.4. The maximum absolute atomic E-state index is 12.6. The van der Waals surface area contributed by atoms with E-state index in [1.165, 1.54) is 5.56 Å². The molecule has 0 aliphatic carbocycles. The highest BCUT2D eigenvalue weighted by molar-refractivity contribution is 6.07. The molecule has 2 aromatic carbocycles. The largest absolute Gasteiger partial charge is 0.384 e. The van der Waals surface area contributed by atoms with Crippen LogP contribution in [0.4, 0.5) is 11.4 Å². The molecule has 1 aliphatic heterocycles. The van der Waals surface area contributed by atoms with E-state index in [2.05, 4.69) is 28.6 Å². The fraction of sp³-hybridized carbons (Fsp3) is 0.238. The molecule has 1 aliphatic rings. The monoisotopic (exact) mass is 346 g/mol. The molecule has 0 bridgehead atoms. The zero-order chi connectivity index (χ0) is 18.1. The van der Waals surface area contributed by atoms with Gasteiger partial charge in [0.2, 0.25) is 0 Å². The molecule has 132 valence electrons. The van der Waals surface area contributed by atoms with Gasteiger partial charge in [-0.15, -0.1) is 0 Å². The van der Waals surface area contributed by atoms with Crippen LogP contribution in [0.5, 0.6) is 0 Å². The normalized spacial score (nSPS) is 12.7. The molecule has 0 saturated heterocycles. The number of benzene rings is 2. The number of aromatic nitrogens is 1. The van der Waals surface area contributed by atoms with Gasteiger partial charge in [0.1, 0.15) is 5.69 Å². The molecule has 0 radical (unpaired) electrons. The SMILES string of the molecule is CCCC(=N)c1ccc2[nH]c(C(=O)Nc3ccc4c(c3)NCC4)cc2c1. The lowest BCUT2D eigenvalue weighted by molar-refractivity contribution is 0.102. The molecule has 26 heavy (non-hydrogen) atoms. The van der Waals surface area contributed by atoms with Gasteiger partial charge in [0.25, 0.3) is 5.91 Å². The van der Waals surface area contributed by atoms with Crippen molar-refractivity contribution in [1.82, 2.24) is 4.98 Å². The summed E-state index contributed by atoms with van der Waals surface area (Å²) < 4.78 is 0. The summed E-state index contributed by atoms with van der Waals surface area (Å²) in [5.41, 5.74) is 6.13. The van der Waals surface area contributed by atoms with Crippen LogP contribution >= 0.6 is 0 Å². The van der Waals surface area contributed by atoms with E-state index in [0.29, 0.717) is 11.4 Å². The highest BCUT2D eigenvalue weighted by atomic mass is 16.1. The Balaban J connectivity index is 1.56. The van der Waals surface area contributed by atoms with Crippen molar-refractivity contribution >= 4 is 33.9 Å². The van der Waals surface area contributed by atoms with Crippen LogP contribution < -0.4 is 10.6 Å².